The van der Waals surface area contributed by atoms with Crippen LogP contribution in [0.2, 0.25) is 0 Å². The van der Waals surface area contributed by atoms with Gasteiger partial charge in [-0.3, -0.25) is 4.79 Å². The van der Waals surface area contributed by atoms with E-state index in [-0.39, 0.29) is 34.7 Å². The smallest absolute Gasteiger partial charge is 0.251 e. The third-order valence-electron chi connectivity index (χ3n) is 4.18. The number of aromatic nitrogens is 3. The molecule has 1 heterocycles. The summed E-state index contributed by atoms with van der Waals surface area (Å²) in [7, 11) is -2.44. The van der Waals surface area contributed by atoms with Gasteiger partial charge in [-0.15, -0.1) is 0 Å². The Bertz CT molecular complexity index is 1110. The van der Waals surface area contributed by atoms with Crippen LogP contribution < -0.4 is 14.8 Å². The molecule has 0 aliphatic rings. The van der Waals surface area contributed by atoms with E-state index in [1.807, 2.05) is 24.3 Å². The van der Waals surface area contributed by atoms with E-state index in [2.05, 4.69) is 20.1 Å². The molecule has 2 N–H and O–H groups in total. The van der Waals surface area contributed by atoms with Crippen molar-refractivity contribution < 1.29 is 17.9 Å². The van der Waals surface area contributed by atoms with Crippen molar-refractivity contribution in [3.05, 3.63) is 66.2 Å². The van der Waals surface area contributed by atoms with Crippen molar-refractivity contribution in [3.63, 3.8) is 0 Å². The highest BCUT2D eigenvalue weighted by Crippen LogP contribution is 2.25. The van der Waals surface area contributed by atoms with Gasteiger partial charge in [0.1, 0.15) is 23.3 Å². The van der Waals surface area contributed by atoms with Gasteiger partial charge in [0.25, 0.3) is 5.91 Å². The predicted octanol–water partition coefficient (Wildman–Crippen LogP) is 1.89. The van der Waals surface area contributed by atoms with Gasteiger partial charge in [-0.25, -0.2) is 22.8 Å². The molecule has 0 saturated heterocycles. The van der Waals surface area contributed by atoms with Gasteiger partial charge >= 0.3 is 0 Å². The Morgan fingerprint density at radius 3 is 2.50 bits per heavy atom. The summed E-state index contributed by atoms with van der Waals surface area (Å²) < 4.78 is 34.4. The van der Waals surface area contributed by atoms with E-state index in [0.717, 1.165) is 11.3 Å². The summed E-state index contributed by atoms with van der Waals surface area (Å²) in [5.41, 5.74) is 1.96. The van der Waals surface area contributed by atoms with Crippen molar-refractivity contribution >= 4 is 15.9 Å². The Hall–Kier alpha value is -3.24. The van der Waals surface area contributed by atoms with Crippen LogP contribution in [0.15, 0.2) is 60.0 Å². The van der Waals surface area contributed by atoms with Crippen LogP contribution in [-0.4, -0.2) is 42.2 Å². The molecule has 3 rings (SSSR count). The molecule has 0 atom stereocenters. The van der Waals surface area contributed by atoms with E-state index in [0.29, 0.717) is 0 Å². The van der Waals surface area contributed by atoms with Crippen molar-refractivity contribution in [1.29, 1.82) is 0 Å². The van der Waals surface area contributed by atoms with Crippen LogP contribution in [0.3, 0.4) is 0 Å². The summed E-state index contributed by atoms with van der Waals surface area (Å²) in [6, 6.07) is 11.5. The number of methoxy groups -OCH3 is 1. The van der Waals surface area contributed by atoms with Crippen LogP contribution in [0.1, 0.15) is 29.8 Å². The van der Waals surface area contributed by atoms with Crippen molar-refractivity contribution in [2.75, 3.05) is 7.11 Å². The lowest BCUT2D eigenvalue weighted by molar-refractivity contribution is 0.0950. The second-order valence-electron chi connectivity index (χ2n) is 6.83. The first kappa shape index (κ1) is 21.5. The zero-order valence-corrected chi connectivity index (χ0v) is 17.7. The molecule has 0 saturated carbocycles. The van der Waals surface area contributed by atoms with Gasteiger partial charge in [0.2, 0.25) is 10.0 Å². The summed E-state index contributed by atoms with van der Waals surface area (Å²) in [6.45, 7) is 3.72. The summed E-state index contributed by atoms with van der Waals surface area (Å²) in [4.78, 5) is 16.4. The molecular formula is C20H23N5O4S. The largest absolute Gasteiger partial charge is 0.495 e. The maximum atomic E-state index is 12.6. The molecule has 9 nitrogen and oxygen atoms in total. The second kappa shape index (κ2) is 9.06. The van der Waals surface area contributed by atoms with Gasteiger partial charge in [-0.2, -0.15) is 5.10 Å². The third kappa shape index (κ3) is 5.02. The van der Waals surface area contributed by atoms with Gasteiger partial charge in [-0.05, 0) is 49.7 Å². The molecule has 0 bridgehead atoms. The van der Waals surface area contributed by atoms with Crippen molar-refractivity contribution in [2.24, 2.45) is 0 Å². The third-order valence-corrected chi connectivity index (χ3v) is 5.86. The van der Waals surface area contributed by atoms with Gasteiger partial charge in [0, 0.05) is 18.2 Å². The molecule has 10 heteroatoms. The van der Waals surface area contributed by atoms with Gasteiger partial charge in [0.15, 0.2) is 0 Å². The second-order valence-corrected chi connectivity index (χ2v) is 8.51. The van der Waals surface area contributed by atoms with E-state index in [1.54, 1.807) is 24.9 Å². The number of carbonyl (C=O) groups excluding carboxylic acids is 1. The summed E-state index contributed by atoms with van der Waals surface area (Å²) in [5, 5.41) is 6.86. The topological polar surface area (TPSA) is 115 Å². The number of sulfonamides is 1. The highest BCUT2D eigenvalue weighted by molar-refractivity contribution is 7.89. The van der Waals surface area contributed by atoms with E-state index in [1.165, 1.54) is 31.6 Å². The molecule has 0 radical (unpaired) electrons. The predicted molar refractivity (Wildman–Crippen MR) is 111 cm³/mol. The first-order valence-corrected chi connectivity index (χ1v) is 10.7. The lowest BCUT2D eigenvalue weighted by Crippen LogP contribution is -2.31. The van der Waals surface area contributed by atoms with Crippen molar-refractivity contribution in [1.82, 2.24) is 24.8 Å². The highest BCUT2D eigenvalue weighted by atomic mass is 32.2. The van der Waals surface area contributed by atoms with E-state index < -0.39 is 10.0 Å². The van der Waals surface area contributed by atoms with Crippen LogP contribution in [0.25, 0.3) is 5.69 Å². The van der Waals surface area contributed by atoms with Crippen molar-refractivity contribution in [3.8, 4) is 11.4 Å². The zero-order valence-electron chi connectivity index (χ0n) is 16.9. The fourth-order valence-corrected chi connectivity index (χ4v) is 4.24. The fraction of sp³-hybridized carbons (Fsp3) is 0.250. The van der Waals surface area contributed by atoms with Crippen LogP contribution in [0, 0.1) is 0 Å². The van der Waals surface area contributed by atoms with Crippen LogP contribution in [0.4, 0.5) is 0 Å². The van der Waals surface area contributed by atoms with Crippen LogP contribution in [0.5, 0.6) is 5.75 Å². The Labute approximate surface area is 175 Å². The summed E-state index contributed by atoms with van der Waals surface area (Å²) in [5.74, 6) is -0.220. The first-order valence-electron chi connectivity index (χ1n) is 9.22. The Morgan fingerprint density at radius 2 is 1.90 bits per heavy atom. The van der Waals surface area contributed by atoms with E-state index in [9.17, 15) is 13.2 Å². The van der Waals surface area contributed by atoms with Gasteiger partial charge < -0.3 is 10.1 Å². The number of amides is 1. The lowest BCUT2D eigenvalue weighted by Gasteiger charge is -2.14. The summed E-state index contributed by atoms with van der Waals surface area (Å²) >= 11 is 0. The van der Waals surface area contributed by atoms with Crippen LogP contribution in [-0.2, 0) is 16.6 Å². The molecular weight excluding hydrogens is 406 g/mol. The molecule has 0 unspecified atom stereocenters. The SMILES string of the molecule is COc1ccc(C(=O)NCc2ccc(-n3cncn3)cc2)cc1S(=O)(=O)NC(C)C. The number of hydrogen-bond acceptors (Lipinski definition) is 6. The maximum Gasteiger partial charge on any atom is 0.251 e. The maximum absolute atomic E-state index is 12.6. The van der Waals surface area contributed by atoms with Crippen LogP contribution >= 0.6 is 0 Å². The number of carbonyl (C=O) groups is 1. The zero-order chi connectivity index (χ0) is 21.7. The number of benzene rings is 2. The molecule has 2 aromatic carbocycles. The molecule has 3 aromatic rings. The normalized spacial score (nSPS) is 11.5. The molecule has 0 aliphatic carbocycles. The first-order chi connectivity index (χ1) is 14.3. The van der Waals surface area contributed by atoms with Gasteiger partial charge in [0.05, 0.1) is 12.8 Å². The molecule has 158 valence electrons. The van der Waals surface area contributed by atoms with E-state index >= 15 is 0 Å². The van der Waals surface area contributed by atoms with Gasteiger partial charge in [-0.1, -0.05) is 12.1 Å². The number of nitrogens with zero attached hydrogens (tertiary/aromatic N) is 3. The Kier molecular flexibility index (Phi) is 6.48. The van der Waals surface area contributed by atoms with Crippen molar-refractivity contribution in [2.45, 2.75) is 31.3 Å². The standard InChI is InChI=1S/C20H23N5O4S/c1-14(2)24-30(27,28)19-10-16(6-9-18(19)29-3)20(26)22-11-15-4-7-17(8-5-15)25-13-21-12-23-25/h4-10,12-14,24H,11H2,1-3H3,(H,22,26). The highest BCUT2D eigenvalue weighted by Gasteiger charge is 2.22. The molecule has 1 amide bonds. The minimum absolute atomic E-state index is 0.0801. The number of nitrogens with one attached hydrogen (secondary N) is 2. The molecule has 0 aliphatic heterocycles. The molecule has 0 spiro atoms. The fourth-order valence-electron chi connectivity index (χ4n) is 2.79. The number of rotatable bonds is 8. The monoisotopic (exact) mass is 429 g/mol. The average Bonchev–Trinajstić information content (AvgIpc) is 3.26. The molecule has 0 fully saturated rings. The number of hydrogen-bond donors (Lipinski definition) is 2. The molecule has 1 aromatic heterocycles. The lowest BCUT2D eigenvalue weighted by atomic mass is 10.1. The van der Waals surface area contributed by atoms with E-state index in [4.69, 9.17) is 4.74 Å². The minimum atomic E-state index is -3.82. The Balaban J connectivity index is 1.73. The average molecular weight is 430 g/mol. The molecule has 30 heavy (non-hydrogen) atoms. The minimum Gasteiger partial charge on any atom is -0.495 e. The quantitative estimate of drug-likeness (QED) is 0.565. The summed E-state index contributed by atoms with van der Waals surface area (Å²) in [6.07, 6.45) is 3.05. The Morgan fingerprint density at radius 1 is 1.17 bits per heavy atom. The number of ether oxygens (including phenoxy) is 1.